The van der Waals surface area contributed by atoms with E-state index in [1.54, 1.807) is 11.4 Å². The molecule has 2 rings (SSSR count). The van der Waals surface area contributed by atoms with E-state index in [1.165, 1.54) is 23.5 Å². The number of hydrogen-bond acceptors (Lipinski definition) is 2. The number of anilines is 1. The summed E-state index contributed by atoms with van der Waals surface area (Å²) in [5.41, 5.74) is 1.96. The van der Waals surface area contributed by atoms with Crippen molar-refractivity contribution < 1.29 is 9.18 Å². The SMILES string of the molecule is Cc1cc(C(=O)Nc2cc(F)ccc2C)cs1. The van der Waals surface area contributed by atoms with E-state index < -0.39 is 0 Å². The van der Waals surface area contributed by atoms with Crippen LogP contribution in [0.5, 0.6) is 0 Å². The Morgan fingerprint density at radius 2 is 2.06 bits per heavy atom. The van der Waals surface area contributed by atoms with Gasteiger partial charge in [-0.1, -0.05) is 6.07 Å². The molecule has 0 atom stereocenters. The fraction of sp³-hybridized carbons (Fsp3) is 0.154. The van der Waals surface area contributed by atoms with Crippen molar-refractivity contribution in [2.24, 2.45) is 0 Å². The highest BCUT2D eigenvalue weighted by atomic mass is 32.1. The molecule has 1 N–H and O–H groups in total. The number of rotatable bonds is 2. The zero-order valence-corrected chi connectivity index (χ0v) is 10.4. The van der Waals surface area contributed by atoms with Crippen LogP contribution in [0.25, 0.3) is 0 Å². The van der Waals surface area contributed by atoms with Gasteiger partial charge in [-0.25, -0.2) is 4.39 Å². The van der Waals surface area contributed by atoms with Crippen LogP contribution in [0.4, 0.5) is 10.1 Å². The predicted octanol–water partition coefficient (Wildman–Crippen LogP) is 3.76. The van der Waals surface area contributed by atoms with Crippen molar-refractivity contribution in [1.82, 2.24) is 0 Å². The van der Waals surface area contributed by atoms with E-state index in [2.05, 4.69) is 5.32 Å². The molecule has 0 spiro atoms. The van der Waals surface area contributed by atoms with Crippen LogP contribution in [-0.2, 0) is 0 Å². The Morgan fingerprint density at radius 1 is 1.29 bits per heavy atom. The quantitative estimate of drug-likeness (QED) is 0.862. The summed E-state index contributed by atoms with van der Waals surface area (Å²) in [4.78, 5) is 12.9. The summed E-state index contributed by atoms with van der Waals surface area (Å²) in [7, 11) is 0. The standard InChI is InChI=1S/C13H12FNOS/c1-8-3-4-11(14)6-12(8)15-13(16)10-5-9(2)17-7-10/h3-7H,1-2H3,(H,15,16). The Balaban J connectivity index is 2.21. The first-order valence-electron chi connectivity index (χ1n) is 5.19. The molecule has 0 bridgehead atoms. The number of halogens is 1. The smallest absolute Gasteiger partial charge is 0.256 e. The number of hydrogen-bond donors (Lipinski definition) is 1. The van der Waals surface area contributed by atoms with Gasteiger partial charge in [0.25, 0.3) is 5.91 Å². The first-order chi connectivity index (χ1) is 8.06. The van der Waals surface area contributed by atoms with Crippen LogP contribution in [0.2, 0.25) is 0 Å². The van der Waals surface area contributed by atoms with Crippen molar-refractivity contribution in [1.29, 1.82) is 0 Å². The second-order valence-corrected chi connectivity index (χ2v) is 4.97. The van der Waals surface area contributed by atoms with Gasteiger partial charge in [-0.3, -0.25) is 4.79 Å². The molecule has 0 saturated carbocycles. The Bertz CT molecular complexity index is 562. The van der Waals surface area contributed by atoms with E-state index in [9.17, 15) is 9.18 Å². The second kappa shape index (κ2) is 4.67. The van der Waals surface area contributed by atoms with Crippen LogP contribution in [0, 0.1) is 19.7 Å². The fourth-order valence-corrected chi connectivity index (χ4v) is 2.17. The summed E-state index contributed by atoms with van der Waals surface area (Å²) in [5.74, 6) is -0.560. The van der Waals surface area contributed by atoms with Crippen LogP contribution in [0.15, 0.2) is 29.6 Å². The number of amides is 1. The van der Waals surface area contributed by atoms with Crippen LogP contribution in [0.3, 0.4) is 0 Å². The van der Waals surface area contributed by atoms with Crippen molar-refractivity contribution in [3.05, 3.63) is 51.5 Å². The molecule has 1 amide bonds. The van der Waals surface area contributed by atoms with E-state index in [0.29, 0.717) is 11.3 Å². The zero-order valence-electron chi connectivity index (χ0n) is 9.58. The predicted molar refractivity (Wildman–Crippen MR) is 68.1 cm³/mol. The lowest BCUT2D eigenvalue weighted by atomic mass is 10.2. The van der Waals surface area contributed by atoms with Crippen molar-refractivity contribution >= 4 is 22.9 Å². The van der Waals surface area contributed by atoms with E-state index >= 15 is 0 Å². The van der Waals surface area contributed by atoms with Crippen LogP contribution in [0.1, 0.15) is 20.8 Å². The Kier molecular flexibility index (Phi) is 3.24. The average molecular weight is 249 g/mol. The second-order valence-electron chi connectivity index (χ2n) is 3.86. The van der Waals surface area contributed by atoms with Crippen molar-refractivity contribution in [3.63, 3.8) is 0 Å². The Labute approximate surface area is 103 Å². The normalized spacial score (nSPS) is 10.3. The highest BCUT2D eigenvalue weighted by molar-refractivity contribution is 7.10. The van der Waals surface area contributed by atoms with E-state index in [-0.39, 0.29) is 11.7 Å². The Morgan fingerprint density at radius 3 is 2.71 bits per heavy atom. The summed E-state index contributed by atoms with van der Waals surface area (Å²) < 4.78 is 13.1. The van der Waals surface area contributed by atoms with Crippen LogP contribution >= 0.6 is 11.3 Å². The van der Waals surface area contributed by atoms with E-state index in [0.717, 1.165) is 10.4 Å². The summed E-state index contributed by atoms with van der Waals surface area (Å²) in [6.45, 7) is 3.77. The average Bonchev–Trinajstić information content (AvgIpc) is 2.70. The maximum absolute atomic E-state index is 13.1. The molecule has 1 heterocycles. The number of nitrogens with one attached hydrogen (secondary N) is 1. The maximum atomic E-state index is 13.1. The molecule has 0 fully saturated rings. The number of thiophene rings is 1. The molecule has 17 heavy (non-hydrogen) atoms. The molecule has 1 aromatic carbocycles. The number of aryl methyl sites for hydroxylation is 2. The van der Waals surface area contributed by atoms with Gasteiger partial charge in [-0.05, 0) is 37.6 Å². The van der Waals surface area contributed by atoms with Gasteiger partial charge in [-0.15, -0.1) is 11.3 Å². The van der Waals surface area contributed by atoms with Gasteiger partial charge in [0.2, 0.25) is 0 Å². The highest BCUT2D eigenvalue weighted by Crippen LogP contribution is 2.19. The monoisotopic (exact) mass is 249 g/mol. The fourth-order valence-electron chi connectivity index (χ4n) is 1.49. The van der Waals surface area contributed by atoms with Gasteiger partial charge in [-0.2, -0.15) is 0 Å². The molecule has 0 saturated heterocycles. The van der Waals surface area contributed by atoms with Crippen molar-refractivity contribution in [2.75, 3.05) is 5.32 Å². The molecule has 88 valence electrons. The van der Waals surface area contributed by atoms with E-state index in [1.807, 2.05) is 19.9 Å². The largest absolute Gasteiger partial charge is 0.322 e. The van der Waals surface area contributed by atoms with Crippen molar-refractivity contribution in [2.45, 2.75) is 13.8 Å². The lowest BCUT2D eigenvalue weighted by Crippen LogP contribution is -2.11. The number of carbonyl (C=O) groups is 1. The molecule has 0 aliphatic carbocycles. The lowest BCUT2D eigenvalue weighted by Gasteiger charge is -2.07. The molecule has 2 nitrogen and oxygen atoms in total. The maximum Gasteiger partial charge on any atom is 0.256 e. The molecule has 0 unspecified atom stereocenters. The summed E-state index contributed by atoms with van der Waals surface area (Å²) in [6.07, 6.45) is 0. The zero-order chi connectivity index (χ0) is 12.4. The topological polar surface area (TPSA) is 29.1 Å². The third-order valence-electron chi connectivity index (χ3n) is 2.44. The first-order valence-corrected chi connectivity index (χ1v) is 6.07. The van der Waals surface area contributed by atoms with Gasteiger partial charge < -0.3 is 5.32 Å². The molecule has 4 heteroatoms. The molecule has 0 radical (unpaired) electrons. The summed E-state index contributed by atoms with van der Waals surface area (Å²) in [6, 6.07) is 6.16. The minimum absolute atomic E-state index is 0.206. The summed E-state index contributed by atoms with van der Waals surface area (Å²) >= 11 is 1.52. The van der Waals surface area contributed by atoms with Crippen molar-refractivity contribution in [3.8, 4) is 0 Å². The molecular formula is C13H12FNOS. The highest BCUT2D eigenvalue weighted by Gasteiger charge is 2.09. The molecule has 0 aliphatic heterocycles. The molecule has 1 aromatic heterocycles. The third-order valence-corrected chi connectivity index (χ3v) is 3.30. The van der Waals surface area contributed by atoms with Gasteiger partial charge >= 0.3 is 0 Å². The number of carbonyl (C=O) groups excluding carboxylic acids is 1. The van der Waals surface area contributed by atoms with Gasteiger partial charge in [0, 0.05) is 15.9 Å². The molecular weight excluding hydrogens is 237 g/mol. The van der Waals surface area contributed by atoms with Gasteiger partial charge in [0.1, 0.15) is 5.82 Å². The Hall–Kier alpha value is -1.68. The minimum atomic E-state index is -0.354. The first kappa shape index (κ1) is 11.8. The van der Waals surface area contributed by atoms with Crippen LogP contribution in [-0.4, -0.2) is 5.91 Å². The van der Waals surface area contributed by atoms with E-state index in [4.69, 9.17) is 0 Å². The van der Waals surface area contributed by atoms with Gasteiger partial charge in [0.05, 0.1) is 5.56 Å². The lowest BCUT2D eigenvalue weighted by molar-refractivity contribution is 0.102. The van der Waals surface area contributed by atoms with Gasteiger partial charge in [0.15, 0.2) is 0 Å². The molecule has 2 aromatic rings. The number of benzene rings is 1. The third kappa shape index (κ3) is 2.71. The minimum Gasteiger partial charge on any atom is -0.322 e. The summed E-state index contributed by atoms with van der Waals surface area (Å²) in [5, 5.41) is 4.50. The molecule has 0 aliphatic rings. The van der Waals surface area contributed by atoms with Crippen LogP contribution < -0.4 is 5.32 Å².